The molecule has 1 heterocycles. The van der Waals surface area contributed by atoms with Gasteiger partial charge in [0.05, 0.1) is 12.7 Å². The molecule has 0 aromatic heterocycles. The van der Waals surface area contributed by atoms with E-state index in [1.807, 2.05) is 18.2 Å². The van der Waals surface area contributed by atoms with E-state index in [1.54, 1.807) is 45.5 Å². The molecule has 2 aromatic carbocycles. The monoisotopic (exact) mass is 339 g/mol. The van der Waals surface area contributed by atoms with Gasteiger partial charge in [0, 0.05) is 20.2 Å². The summed E-state index contributed by atoms with van der Waals surface area (Å²) in [5, 5.41) is 0. The maximum absolute atomic E-state index is 12.5. The molecule has 0 aliphatic carbocycles. The summed E-state index contributed by atoms with van der Waals surface area (Å²) < 4.78 is 16.0. The average molecular weight is 339 g/mol. The summed E-state index contributed by atoms with van der Waals surface area (Å²) >= 11 is 0. The molecule has 0 saturated heterocycles. The van der Waals surface area contributed by atoms with E-state index in [9.17, 15) is 9.59 Å². The second-order valence-corrected chi connectivity index (χ2v) is 5.64. The van der Waals surface area contributed by atoms with Crippen molar-refractivity contribution in [1.29, 1.82) is 0 Å². The summed E-state index contributed by atoms with van der Waals surface area (Å²) in [6.07, 6.45) is 1.15. The van der Waals surface area contributed by atoms with Gasteiger partial charge in [0.1, 0.15) is 17.2 Å². The van der Waals surface area contributed by atoms with E-state index in [0.29, 0.717) is 22.8 Å². The Morgan fingerprint density at radius 1 is 1.12 bits per heavy atom. The molecule has 3 rings (SSSR count). The molecular formula is C19H17NO5. The fourth-order valence-electron chi connectivity index (χ4n) is 2.31. The van der Waals surface area contributed by atoms with Crippen LogP contribution in [0.5, 0.6) is 17.2 Å². The minimum absolute atomic E-state index is 0.208. The summed E-state index contributed by atoms with van der Waals surface area (Å²) in [5.74, 6) is 1.36. The molecule has 2 aromatic rings. The molecule has 1 aliphatic rings. The molecule has 1 aliphatic heterocycles. The highest BCUT2D eigenvalue weighted by molar-refractivity contribution is 6.14. The highest BCUT2D eigenvalue weighted by atomic mass is 16.6. The lowest BCUT2D eigenvalue weighted by atomic mass is 10.1. The van der Waals surface area contributed by atoms with Crippen LogP contribution in [-0.4, -0.2) is 38.0 Å². The Morgan fingerprint density at radius 2 is 1.92 bits per heavy atom. The molecule has 0 atom stereocenters. The summed E-state index contributed by atoms with van der Waals surface area (Å²) in [5.41, 5.74) is 1.22. The number of ether oxygens (including phenoxy) is 3. The Balaban J connectivity index is 1.85. The molecular weight excluding hydrogens is 322 g/mol. The minimum Gasteiger partial charge on any atom is -0.497 e. The highest BCUT2D eigenvalue weighted by Crippen LogP contribution is 2.35. The van der Waals surface area contributed by atoms with Crippen LogP contribution in [0.1, 0.15) is 15.9 Å². The molecule has 0 unspecified atom stereocenters. The van der Waals surface area contributed by atoms with E-state index >= 15 is 0 Å². The number of fused-ring (bicyclic) bond motifs is 1. The summed E-state index contributed by atoms with van der Waals surface area (Å²) in [7, 11) is 4.76. The number of Topliss-reactive ketones (excluding diaryl/α,β-unsaturated/α-hetero) is 1. The van der Waals surface area contributed by atoms with Gasteiger partial charge in [-0.1, -0.05) is 12.1 Å². The van der Waals surface area contributed by atoms with E-state index in [4.69, 9.17) is 14.2 Å². The van der Waals surface area contributed by atoms with E-state index in [1.165, 1.54) is 11.0 Å². The molecule has 25 heavy (non-hydrogen) atoms. The summed E-state index contributed by atoms with van der Waals surface area (Å²) in [4.78, 5) is 25.4. The maximum atomic E-state index is 12.5. The number of hydrogen-bond donors (Lipinski definition) is 0. The number of benzene rings is 2. The summed E-state index contributed by atoms with van der Waals surface area (Å²) in [6.45, 7) is 0. The Bertz CT molecular complexity index is 870. The van der Waals surface area contributed by atoms with Crippen LogP contribution in [0.3, 0.4) is 0 Å². The van der Waals surface area contributed by atoms with Crippen molar-refractivity contribution in [3.05, 3.63) is 59.4 Å². The number of methoxy groups -OCH3 is 1. The number of carbonyl (C=O) groups is 2. The van der Waals surface area contributed by atoms with E-state index in [-0.39, 0.29) is 11.5 Å². The number of hydrogen-bond acceptors (Lipinski definition) is 5. The zero-order valence-corrected chi connectivity index (χ0v) is 14.1. The average Bonchev–Trinajstić information content (AvgIpc) is 2.90. The third kappa shape index (κ3) is 3.47. The van der Waals surface area contributed by atoms with Gasteiger partial charge in [-0.15, -0.1) is 0 Å². The molecule has 0 bridgehead atoms. The van der Waals surface area contributed by atoms with Crippen molar-refractivity contribution in [3.8, 4) is 17.2 Å². The van der Waals surface area contributed by atoms with Gasteiger partial charge in [-0.3, -0.25) is 4.79 Å². The third-order valence-corrected chi connectivity index (χ3v) is 3.60. The molecule has 0 spiro atoms. The van der Waals surface area contributed by atoms with Crippen LogP contribution < -0.4 is 14.2 Å². The van der Waals surface area contributed by atoms with Crippen molar-refractivity contribution in [1.82, 2.24) is 4.90 Å². The predicted octanol–water partition coefficient (Wildman–Crippen LogP) is 3.37. The number of rotatable bonds is 3. The molecule has 1 amide bonds. The fraction of sp³-hybridized carbons (Fsp3) is 0.158. The van der Waals surface area contributed by atoms with Crippen LogP contribution in [-0.2, 0) is 0 Å². The number of carbonyl (C=O) groups excluding carboxylic acids is 2. The number of allylic oxidation sites excluding steroid dienone is 1. The molecule has 6 heteroatoms. The zero-order chi connectivity index (χ0) is 18.0. The van der Waals surface area contributed by atoms with Gasteiger partial charge in [0.25, 0.3) is 0 Å². The second kappa shape index (κ2) is 6.68. The molecule has 128 valence electrons. The first kappa shape index (κ1) is 16.6. The van der Waals surface area contributed by atoms with Crippen molar-refractivity contribution in [2.75, 3.05) is 21.2 Å². The Hall–Kier alpha value is -3.28. The third-order valence-electron chi connectivity index (χ3n) is 3.60. The van der Waals surface area contributed by atoms with Crippen LogP contribution in [0.2, 0.25) is 0 Å². The van der Waals surface area contributed by atoms with Gasteiger partial charge < -0.3 is 19.1 Å². The normalized spacial score (nSPS) is 14.0. The summed E-state index contributed by atoms with van der Waals surface area (Å²) in [6, 6.07) is 12.0. The quantitative estimate of drug-likeness (QED) is 0.802. The lowest BCUT2D eigenvalue weighted by Crippen LogP contribution is -2.25. The van der Waals surface area contributed by atoms with Gasteiger partial charge in [0.15, 0.2) is 5.76 Å². The number of ketones is 1. The first-order chi connectivity index (χ1) is 12.0. The Morgan fingerprint density at radius 3 is 2.64 bits per heavy atom. The number of nitrogens with zero attached hydrogens (tertiary/aromatic N) is 1. The van der Waals surface area contributed by atoms with Crippen LogP contribution in [0.4, 0.5) is 4.79 Å². The van der Waals surface area contributed by atoms with Crippen molar-refractivity contribution in [2.45, 2.75) is 0 Å². The standard InChI is InChI=1S/C19H17NO5/c1-20(2)19(22)24-14-7-8-15-16(11-14)25-17(18(15)21)10-12-5-4-6-13(9-12)23-3/h4-11H,1-3H3. The molecule has 0 radical (unpaired) electrons. The van der Waals surface area contributed by atoms with Gasteiger partial charge in [-0.05, 0) is 35.9 Å². The fourth-order valence-corrected chi connectivity index (χ4v) is 2.31. The number of amides is 1. The maximum Gasteiger partial charge on any atom is 0.414 e. The van der Waals surface area contributed by atoms with Gasteiger partial charge in [-0.25, -0.2) is 4.79 Å². The zero-order valence-electron chi connectivity index (χ0n) is 14.1. The Kier molecular flexibility index (Phi) is 4.43. The van der Waals surface area contributed by atoms with Crippen LogP contribution >= 0.6 is 0 Å². The Labute approximate surface area is 145 Å². The van der Waals surface area contributed by atoms with Crippen LogP contribution in [0.15, 0.2) is 48.2 Å². The van der Waals surface area contributed by atoms with Crippen LogP contribution in [0.25, 0.3) is 6.08 Å². The van der Waals surface area contributed by atoms with Crippen molar-refractivity contribution in [2.24, 2.45) is 0 Å². The van der Waals surface area contributed by atoms with Crippen molar-refractivity contribution in [3.63, 3.8) is 0 Å². The SMILES string of the molecule is COc1cccc(C=C2Oc3cc(OC(=O)N(C)C)ccc3C2=O)c1. The lowest BCUT2D eigenvalue weighted by Gasteiger charge is -2.10. The van der Waals surface area contributed by atoms with Crippen LogP contribution in [0, 0.1) is 0 Å². The highest BCUT2D eigenvalue weighted by Gasteiger charge is 2.28. The smallest absolute Gasteiger partial charge is 0.414 e. The lowest BCUT2D eigenvalue weighted by molar-refractivity contribution is 0.101. The van der Waals surface area contributed by atoms with Crippen molar-refractivity contribution < 1.29 is 23.8 Å². The van der Waals surface area contributed by atoms with Crippen molar-refractivity contribution >= 4 is 18.0 Å². The first-order valence-electron chi connectivity index (χ1n) is 7.59. The molecule has 0 N–H and O–H groups in total. The topological polar surface area (TPSA) is 65.1 Å². The van der Waals surface area contributed by atoms with E-state index in [2.05, 4.69) is 0 Å². The largest absolute Gasteiger partial charge is 0.497 e. The minimum atomic E-state index is -0.503. The second-order valence-electron chi connectivity index (χ2n) is 5.64. The molecule has 0 fully saturated rings. The molecule has 6 nitrogen and oxygen atoms in total. The first-order valence-corrected chi connectivity index (χ1v) is 7.59. The van der Waals surface area contributed by atoms with Gasteiger partial charge in [0.2, 0.25) is 5.78 Å². The van der Waals surface area contributed by atoms with Gasteiger partial charge >= 0.3 is 6.09 Å². The van der Waals surface area contributed by atoms with E-state index in [0.717, 1.165) is 5.56 Å². The molecule has 0 saturated carbocycles. The van der Waals surface area contributed by atoms with Gasteiger partial charge in [-0.2, -0.15) is 0 Å². The predicted molar refractivity (Wildman–Crippen MR) is 92.1 cm³/mol. The van der Waals surface area contributed by atoms with E-state index < -0.39 is 6.09 Å².